The lowest BCUT2D eigenvalue weighted by Gasteiger charge is -2.18. The Morgan fingerprint density at radius 2 is 1.73 bits per heavy atom. The molecule has 0 aliphatic rings. The summed E-state index contributed by atoms with van der Waals surface area (Å²) < 4.78 is 7.97. The van der Waals surface area contributed by atoms with Crippen molar-refractivity contribution >= 4 is 49.3 Å². The summed E-state index contributed by atoms with van der Waals surface area (Å²) >= 11 is 6.18. The molecule has 3 heteroatoms. The molecule has 0 spiro atoms. The van der Waals surface area contributed by atoms with Crippen molar-refractivity contribution in [1.29, 1.82) is 0 Å². The van der Waals surface area contributed by atoms with Crippen LogP contribution in [0, 0.1) is 17.4 Å². The molecule has 0 saturated carbocycles. The van der Waals surface area contributed by atoms with E-state index in [1.165, 1.54) is 31.0 Å². The quantitative estimate of drug-likeness (QED) is 0.391. The molecule has 0 radical (unpaired) electrons. The van der Waals surface area contributed by atoms with Crippen LogP contribution in [-0.2, 0) is 0 Å². The van der Waals surface area contributed by atoms with Crippen LogP contribution < -0.4 is 4.74 Å². The van der Waals surface area contributed by atoms with Crippen LogP contribution in [0.1, 0.15) is 11.1 Å². The minimum atomic E-state index is 0.960. The normalized spacial score (nSPS) is 11.0. The summed E-state index contributed by atoms with van der Waals surface area (Å²) in [7, 11) is 1.74. The second-order valence-electron chi connectivity index (χ2n) is 5.35. The lowest BCUT2D eigenvalue weighted by atomic mass is 9.93. The van der Waals surface area contributed by atoms with Crippen molar-refractivity contribution in [3.63, 3.8) is 0 Å². The molecular weight excluding hydrogens is 451 g/mol. The lowest BCUT2D eigenvalue weighted by Crippen LogP contribution is -1.97. The van der Waals surface area contributed by atoms with E-state index in [4.69, 9.17) is 4.74 Å². The van der Waals surface area contributed by atoms with Crippen LogP contribution >= 0.6 is 38.5 Å². The maximum absolute atomic E-state index is 5.62. The van der Waals surface area contributed by atoms with Gasteiger partial charge in [-0.3, -0.25) is 0 Å². The molecule has 1 nitrogen and oxygen atoms in total. The highest BCUT2D eigenvalue weighted by atomic mass is 127. The van der Waals surface area contributed by atoms with E-state index < -0.39 is 0 Å². The van der Waals surface area contributed by atoms with Crippen LogP contribution in [0.25, 0.3) is 21.9 Å². The Balaban J connectivity index is 2.45. The number of ether oxygens (including phenoxy) is 1. The molecule has 22 heavy (non-hydrogen) atoms. The molecule has 0 atom stereocenters. The first-order valence-electron chi connectivity index (χ1n) is 7.06. The van der Waals surface area contributed by atoms with Crippen molar-refractivity contribution in [1.82, 2.24) is 0 Å². The van der Waals surface area contributed by atoms with Crippen molar-refractivity contribution < 1.29 is 4.74 Å². The third kappa shape index (κ3) is 2.54. The van der Waals surface area contributed by atoms with E-state index in [1.54, 1.807) is 7.11 Å². The zero-order valence-corrected chi connectivity index (χ0v) is 16.4. The molecule has 112 valence electrons. The Hall–Kier alpha value is -1.07. The predicted octanol–water partition coefficient (Wildman–Crippen LogP) is 6.50. The number of benzene rings is 3. The summed E-state index contributed by atoms with van der Waals surface area (Å²) in [4.78, 5) is 0. The van der Waals surface area contributed by atoms with Crippen LogP contribution in [0.3, 0.4) is 0 Å². The van der Waals surface area contributed by atoms with Crippen LogP contribution in [0.4, 0.5) is 0 Å². The zero-order chi connectivity index (χ0) is 15.9. The fourth-order valence-corrected chi connectivity index (χ4v) is 4.62. The van der Waals surface area contributed by atoms with Gasteiger partial charge in [-0.15, -0.1) is 0 Å². The largest absolute Gasteiger partial charge is 0.496 e. The Labute approximate surface area is 153 Å². The number of rotatable bonds is 2. The molecular formula is C19H16BrIO. The van der Waals surface area contributed by atoms with E-state index >= 15 is 0 Å². The first kappa shape index (κ1) is 15.8. The zero-order valence-electron chi connectivity index (χ0n) is 12.7. The maximum Gasteiger partial charge on any atom is 0.125 e. The highest BCUT2D eigenvalue weighted by Gasteiger charge is 2.18. The van der Waals surface area contributed by atoms with E-state index in [-0.39, 0.29) is 0 Å². The second kappa shape index (κ2) is 6.20. The Morgan fingerprint density at radius 1 is 1.00 bits per heavy atom. The van der Waals surface area contributed by atoms with Gasteiger partial charge >= 0.3 is 0 Å². The standard InChI is InChI=1S/C19H16BrIO/c1-11-10-15(20)17(12(2)19(11)22-3)18-14-7-5-4-6-13(14)8-9-16(18)21/h4-10H,1-3H3. The van der Waals surface area contributed by atoms with Gasteiger partial charge in [-0.05, 0) is 64.9 Å². The molecule has 0 N–H and O–H groups in total. The molecule has 0 amide bonds. The van der Waals surface area contributed by atoms with Crippen molar-refractivity contribution in [3.8, 4) is 16.9 Å². The first-order chi connectivity index (χ1) is 10.5. The predicted molar refractivity (Wildman–Crippen MR) is 106 cm³/mol. The Bertz CT molecular complexity index is 871. The summed E-state index contributed by atoms with van der Waals surface area (Å²) in [6.07, 6.45) is 0. The third-order valence-corrected chi connectivity index (χ3v) is 5.51. The summed E-state index contributed by atoms with van der Waals surface area (Å²) in [5.41, 5.74) is 4.79. The molecule has 0 unspecified atom stereocenters. The topological polar surface area (TPSA) is 9.23 Å². The average molecular weight is 467 g/mol. The number of methoxy groups -OCH3 is 1. The molecule has 0 aromatic heterocycles. The van der Waals surface area contributed by atoms with Gasteiger partial charge in [0.1, 0.15) is 5.75 Å². The maximum atomic E-state index is 5.62. The van der Waals surface area contributed by atoms with Crippen molar-refractivity contribution in [2.45, 2.75) is 13.8 Å². The molecule has 0 bridgehead atoms. The molecule has 3 rings (SSSR count). The average Bonchev–Trinajstić information content (AvgIpc) is 2.49. The van der Waals surface area contributed by atoms with E-state index in [9.17, 15) is 0 Å². The van der Waals surface area contributed by atoms with Crippen LogP contribution in [0.15, 0.2) is 46.9 Å². The van der Waals surface area contributed by atoms with Crippen molar-refractivity contribution in [2.24, 2.45) is 0 Å². The van der Waals surface area contributed by atoms with Gasteiger partial charge < -0.3 is 4.74 Å². The Kier molecular flexibility index (Phi) is 4.46. The fourth-order valence-electron chi connectivity index (χ4n) is 3.04. The molecule has 0 fully saturated rings. The Morgan fingerprint density at radius 3 is 2.45 bits per heavy atom. The highest BCUT2D eigenvalue weighted by Crippen LogP contribution is 2.43. The molecule has 3 aromatic rings. The lowest BCUT2D eigenvalue weighted by molar-refractivity contribution is 0.408. The minimum Gasteiger partial charge on any atom is -0.496 e. The van der Waals surface area contributed by atoms with E-state index in [1.807, 2.05) is 0 Å². The smallest absolute Gasteiger partial charge is 0.125 e. The first-order valence-corrected chi connectivity index (χ1v) is 8.93. The van der Waals surface area contributed by atoms with Crippen LogP contribution in [-0.4, -0.2) is 7.11 Å². The van der Waals surface area contributed by atoms with Gasteiger partial charge in [0.15, 0.2) is 0 Å². The molecule has 3 aromatic carbocycles. The number of hydrogen-bond donors (Lipinski definition) is 0. The third-order valence-electron chi connectivity index (χ3n) is 3.99. The van der Waals surface area contributed by atoms with E-state index in [0.29, 0.717) is 0 Å². The van der Waals surface area contributed by atoms with Gasteiger partial charge in [-0.25, -0.2) is 0 Å². The van der Waals surface area contributed by atoms with Gasteiger partial charge in [0.05, 0.1) is 7.11 Å². The number of fused-ring (bicyclic) bond motifs is 1. The van der Waals surface area contributed by atoms with Crippen molar-refractivity contribution in [3.05, 3.63) is 61.6 Å². The molecule has 0 aliphatic heterocycles. The van der Waals surface area contributed by atoms with Gasteiger partial charge in [0, 0.05) is 24.7 Å². The van der Waals surface area contributed by atoms with Crippen molar-refractivity contribution in [2.75, 3.05) is 7.11 Å². The van der Waals surface area contributed by atoms with Gasteiger partial charge in [-0.1, -0.05) is 46.3 Å². The SMILES string of the molecule is COc1c(C)cc(Br)c(-c2c(I)ccc3ccccc23)c1C. The number of aryl methyl sites for hydroxylation is 1. The van der Waals surface area contributed by atoms with Gasteiger partial charge in [-0.2, -0.15) is 0 Å². The van der Waals surface area contributed by atoms with Crippen LogP contribution in [0.5, 0.6) is 5.75 Å². The second-order valence-corrected chi connectivity index (χ2v) is 7.37. The summed E-state index contributed by atoms with van der Waals surface area (Å²) in [5, 5.41) is 2.52. The van der Waals surface area contributed by atoms with E-state index in [2.05, 4.69) is 94.8 Å². The van der Waals surface area contributed by atoms with E-state index in [0.717, 1.165) is 15.8 Å². The molecule has 0 saturated heterocycles. The summed E-state index contributed by atoms with van der Waals surface area (Å²) in [5.74, 6) is 0.960. The summed E-state index contributed by atoms with van der Waals surface area (Å²) in [6.45, 7) is 4.21. The van der Waals surface area contributed by atoms with Crippen LogP contribution in [0.2, 0.25) is 0 Å². The van der Waals surface area contributed by atoms with Gasteiger partial charge in [0.25, 0.3) is 0 Å². The number of hydrogen-bond acceptors (Lipinski definition) is 1. The molecule has 0 aliphatic carbocycles. The highest BCUT2D eigenvalue weighted by molar-refractivity contribution is 14.1. The monoisotopic (exact) mass is 466 g/mol. The van der Waals surface area contributed by atoms with Gasteiger partial charge in [0.2, 0.25) is 0 Å². The molecule has 0 heterocycles. The fraction of sp³-hybridized carbons (Fsp3) is 0.158. The summed E-state index contributed by atoms with van der Waals surface area (Å²) in [6, 6.07) is 15.0. The minimum absolute atomic E-state index is 0.960. The number of halogens is 2.